The van der Waals surface area contributed by atoms with Gasteiger partial charge >= 0.3 is 0 Å². The van der Waals surface area contributed by atoms with Crippen molar-refractivity contribution in [3.63, 3.8) is 0 Å². The highest BCUT2D eigenvalue weighted by atomic mass is 19.2. The van der Waals surface area contributed by atoms with Gasteiger partial charge in [0.2, 0.25) is 0 Å². The van der Waals surface area contributed by atoms with Crippen molar-refractivity contribution >= 4 is 5.91 Å². The minimum absolute atomic E-state index is 0.0912. The predicted molar refractivity (Wildman–Crippen MR) is 87.9 cm³/mol. The van der Waals surface area contributed by atoms with Gasteiger partial charge in [-0.3, -0.25) is 4.79 Å². The molecule has 1 fully saturated rings. The summed E-state index contributed by atoms with van der Waals surface area (Å²) in [5, 5.41) is 2.99. The first-order chi connectivity index (χ1) is 11.5. The molecule has 5 heteroatoms. The van der Waals surface area contributed by atoms with Crippen LogP contribution in [-0.4, -0.2) is 37.5 Å². The Labute approximate surface area is 139 Å². The third kappa shape index (κ3) is 2.49. The molecule has 0 spiro atoms. The zero-order valence-electron chi connectivity index (χ0n) is 13.4. The Balaban J connectivity index is 1.79. The van der Waals surface area contributed by atoms with Crippen LogP contribution in [0.1, 0.15) is 21.8 Å². The lowest BCUT2D eigenvalue weighted by Gasteiger charge is -2.17. The molecule has 3 nitrogen and oxygen atoms in total. The highest BCUT2D eigenvalue weighted by molar-refractivity contribution is 5.97. The Kier molecular flexibility index (Phi) is 3.61. The third-order valence-electron chi connectivity index (χ3n) is 5.10. The van der Waals surface area contributed by atoms with Gasteiger partial charge in [-0.1, -0.05) is 18.2 Å². The summed E-state index contributed by atoms with van der Waals surface area (Å²) in [5.41, 5.74) is 2.96. The second-order valence-corrected chi connectivity index (χ2v) is 6.73. The molecular weight excluding hydrogens is 310 g/mol. The molecule has 124 valence electrons. The van der Waals surface area contributed by atoms with E-state index in [0.717, 1.165) is 30.8 Å². The maximum absolute atomic E-state index is 13.5. The molecule has 0 bridgehead atoms. The molecule has 0 radical (unpaired) electrons. The number of hydrogen-bond donors (Lipinski definition) is 1. The van der Waals surface area contributed by atoms with Crippen molar-refractivity contribution in [3.8, 4) is 11.1 Å². The van der Waals surface area contributed by atoms with Gasteiger partial charge in [0.1, 0.15) is 0 Å². The summed E-state index contributed by atoms with van der Waals surface area (Å²) in [5.74, 6) is -1.11. The molecule has 24 heavy (non-hydrogen) atoms. The number of fused-ring (bicyclic) bond motifs is 3. The Morgan fingerprint density at radius 3 is 2.58 bits per heavy atom. The Morgan fingerprint density at radius 1 is 1.04 bits per heavy atom. The predicted octanol–water partition coefficient (Wildman–Crippen LogP) is 3.02. The van der Waals surface area contributed by atoms with Gasteiger partial charge in [-0.2, -0.15) is 0 Å². The number of hydrogen-bond acceptors (Lipinski definition) is 2. The average Bonchev–Trinajstić information content (AvgIpc) is 2.89. The number of likely N-dealkylation sites (N-methyl/N-ethyl adjacent to an activating group) is 1. The van der Waals surface area contributed by atoms with E-state index in [0.29, 0.717) is 35.1 Å². The minimum Gasteiger partial charge on any atom is -0.352 e. The second-order valence-electron chi connectivity index (χ2n) is 6.73. The number of amides is 1. The smallest absolute Gasteiger partial charge is 0.251 e. The van der Waals surface area contributed by atoms with Crippen molar-refractivity contribution in [1.29, 1.82) is 0 Å². The van der Waals surface area contributed by atoms with E-state index in [2.05, 4.69) is 17.3 Å². The monoisotopic (exact) mass is 328 g/mol. The van der Waals surface area contributed by atoms with Gasteiger partial charge in [0.25, 0.3) is 5.91 Å². The number of carbonyl (C=O) groups is 1. The van der Waals surface area contributed by atoms with Gasteiger partial charge in [-0.15, -0.1) is 0 Å². The summed E-state index contributed by atoms with van der Waals surface area (Å²) in [4.78, 5) is 14.7. The van der Waals surface area contributed by atoms with Crippen molar-refractivity contribution in [2.45, 2.75) is 5.92 Å². The summed E-state index contributed by atoms with van der Waals surface area (Å²) in [7, 11) is 2.09. The maximum Gasteiger partial charge on any atom is 0.251 e. The van der Waals surface area contributed by atoms with Gasteiger partial charge in [0.05, 0.1) is 0 Å². The van der Waals surface area contributed by atoms with Crippen LogP contribution < -0.4 is 5.32 Å². The number of nitrogens with zero attached hydrogens (tertiary/aromatic N) is 1. The van der Waals surface area contributed by atoms with Crippen molar-refractivity contribution in [2.24, 2.45) is 5.92 Å². The number of carbonyl (C=O) groups excluding carboxylic acids is 1. The highest BCUT2D eigenvalue weighted by Crippen LogP contribution is 2.37. The topological polar surface area (TPSA) is 32.3 Å². The summed E-state index contributed by atoms with van der Waals surface area (Å²) >= 11 is 0. The number of benzene rings is 2. The normalized spacial score (nSPS) is 23.4. The van der Waals surface area contributed by atoms with E-state index in [4.69, 9.17) is 0 Å². The molecule has 1 N–H and O–H groups in total. The van der Waals surface area contributed by atoms with Crippen LogP contribution in [0.15, 0.2) is 36.4 Å². The van der Waals surface area contributed by atoms with Crippen molar-refractivity contribution < 1.29 is 13.6 Å². The van der Waals surface area contributed by atoms with Gasteiger partial charge in [0, 0.05) is 31.1 Å². The fraction of sp³-hybridized carbons (Fsp3) is 0.316. The van der Waals surface area contributed by atoms with Crippen LogP contribution in [-0.2, 0) is 0 Å². The fourth-order valence-corrected chi connectivity index (χ4v) is 3.90. The second kappa shape index (κ2) is 5.67. The molecule has 1 amide bonds. The zero-order chi connectivity index (χ0) is 16.8. The molecule has 2 aromatic carbocycles. The Hall–Kier alpha value is -2.27. The molecule has 0 saturated carbocycles. The van der Waals surface area contributed by atoms with Crippen molar-refractivity contribution in [2.75, 3.05) is 26.7 Å². The van der Waals surface area contributed by atoms with Crippen molar-refractivity contribution in [3.05, 3.63) is 59.2 Å². The van der Waals surface area contributed by atoms with E-state index in [9.17, 15) is 13.6 Å². The first kappa shape index (κ1) is 15.3. The molecule has 2 heterocycles. The molecule has 0 aliphatic carbocycles. The van der Waals surface area contributed by atoms with E-state index in [1.54, 1.807) is 6.07 Å². The first-order valence-corrected chi connectivity index (χ1v) is 8.09. The lowest BCUT2D eigenvalue weighted by atomic mass is 9.86. The van der Waals surface area contributed by atoms with Crippen LogP contribution in [0.2, 0.25) is 0 Å². The van der Waals surface area contributed by atoms with E-state index < -0.39 is 11.6 Å². The first-order valence-electron chi connectivity index (χ1n) is 8.09. The van der Waals surface area contributed by atoms with Crippen LogP contribution in [0, 0.1) is 17.6 Å². The SMILES string of the molecule is CN1C[C@@H]2CNC(=O)c3cc(-c4ccc(F)c(F)c4)ccc3[C@H]2C1. The van der Waals surface area contributed by atoms with E-state index in [1.165, 1.54) is 6.07 Å². The summed E-state index contributed by atoms with van der Waals surface area (Å²) in [6.45, 7) is 2.56. The molecule has 2 aliphatic heterocycles. The van der Waals surface area contributed by atoms with Crippen molar-refractivity contribution in [1.82, 2.24) is 10.2 Å². The molecule has 2 aliphatic rings. The highest BCUT2D eigenvalue weighted by Gasteiger charge is 2.36. The molecular formula is C19H18F2N2O. The molecule has 1 saturated heterocycles. The minimum atomic E-state index is -0.885. The van der Waals surface area contributed by atoms with Gasteiger partial charge in [0.15, 0.2) is 11.6 Å². The largest absolute Gasteiger partial charge is 0.352 e. The molecule has 2 aromatic rings. The van der Waals surface area contributed by atoms with Crippen LogP contribution in [0.3, 0.4) is 0 Å². The molecule has 2 atom stereocenters. The molecule has 0 aromatic heterocycles. The van der Waals surface area contributed by atoms with Crippen LogP contribution in [0.5, 0.6) is 0 Å². The average molecular weight is 328 g/mol. The maximum atomic E-state index is 13.5. The summed E-state index contributed by atoms with van der Waals surface area (Å²) in [6, 6.07) is 9.45. The Morgan fingerprint density at radius 2 is 1.79 bits per heavy atom. The number of halogens is 2. The number of nitrogens with one attached hydrogen (secondary N) is 1. The van der Waals surface area contributed by atoms with Crippen LogP contribution >= 0.6 is 0 Å². The fourth-order valence-electron chi connectivity index (χ4n) is 3.90. The Bertz CT molecular complexity index is 821. The summed E-state index contributed by atoms with van der Waals surface area (Å²) < 4.78 is 26.6. The third-order valence-corrected chi connectivity index (χ3v) is 5.10. The molecule has 0 unspecified atom stereocenters. The van der Waals surface area contributed by atoms with Gasteiger partial charge in [-0.25, -0.2) is 8.78 Å². The van der Waals surface area contributed by atoms with Gasteiger partial charge < -0.3 is 10.2 Å². The quantitative estimate of drug-likeness (QED) is 0.873. The van der Waals surface area contributed by atoms with E-state index in [-0.39, 0.29) is 5.91 Å². The molecule has 4 rings (SSSR count). The van der Waals surface area contributed by atoms with Gasteiger partial charge in [-0.05, 0) is 47.9 Å². The summed E-state index contributed by atoms with van der Waals surface area (Å²) in [6.07, 6.45) is 0. The van der Waals surface area contributed by atoms with E-state index in [1.807, 2.05) is 12.1 Å². The lowest BCUT2D eigenvalue weighted by Crippen LogP contribution is -2.29. The number of likely N-dealkylation sites (tertiary alicyclic amines) is 1. The lowest BCUT2D eigenvalue weighted by molar-refractivity contribution is 0.0951. The standard InChI is InChI=1S/C19H18F2N2O/c1-23-9-13-8-22-19(24)15-6-11(2-4-14(15)16(13)10-23)12-3-5-17(20)18(21)7-12/h2-7,13,16H,8-10H2,1H3,(H,22,24)/t13-,16-/m0/s1. The zero-order valence-corrected chi connectivity index (χ0v) is 13.4. The van der Waals surface area contributed by atoms with E-state index >= 15 is 0 Å². The van der Waals surface area contributed by atoms with Crippen LogP contribution in [0.25, 0.3) is 11.1 Å². The van der Waals surface area contributed by atoms with Crippen LogP contribution in [0.4, 0.5) is 8.78 Å². The number of rotatable bonds is 1.